The van der Waals surface area contributed by atoms with Gasteiger partial charge in [0.2, 0.25) is 11.8 Å². The van der Waals surface area contributed by atoms with Crippen LogP contribution in [0.1, 0.15) is 24.6 Å². The van der Waals surface area contributed by atoms with E-state index in [0.29, 0.717) is 31.6 Å². The van der Waals surface area contributed by atoms with Crippen molar-refractivity contribution in [2.75, 3.05) is 18.5 Å². The van der Waals surface area contributed by atoms with E-state index in [1.807, 2.05) is 29.8 Å². The van der Waals surface area contributed by atoms with Gasteiger partial charge in [-0.05, 0) is 43.2 Å². The molecule has 0 aliphatic heterocycles. The zero-order chi connectivity index (χ0) is 19.6. The fourth-order valence-corrected chi connectivity index (χ4v) is 2.74. The molecule has 0 spiro atoms. The molecule has 0 saturated heterocycles. The molecule has 2 rings (SSSR count). The molecule has 2 N–H and O–H groups in total. The summed E-state index contributed by atoms with van der Waals surface area (Å²) in [6.45, 7) is 6.79. The summed E-state index contributed by atoms with van der Waals surface area (Å²) in [6.07, 6.45) is 3.86. The van der Waals surface area contributed by atoms with Crippen molar-refractivity contribution in [2.45, 2.75) is 32.9 Å². The third kappa shape index (κ3) is 6.07. The van der Waals surface area contributed by atoms with Crippen molar-refractivity contribution >= 4 is 17.5 Å². The number of nitrogens with zero attached hydrogens (tertiary/aromatic N) is 3. The van der Waals surface area contributed by atoms with Gasteiger partial charge in [0, 0.05) is 31.4 Å². The maximum atomic E-state index is 12.6. The van der Waals surface area contributed by atoms with E-state index in [2.05, 4.69) is 17.0 Å². The Morgan fingerprint density at radius 1 is 1.30 bits per heavy atom. The number of anilines is 1. The third-order valence-corrected chi connectivity index (χ3v) is 4.21. The van der Waals surface area contributed by atoms with Crippen molar-refractivity contribution in [2.24, 2.45) is 0 Å². The number of carbonyl (C=O) groups is 2. The van der Waals surface area contributed by atoms with Crippen LogP contribution in [-0.2, 0) is 29.1 Å². The second kappa shape index (κ2) is 10.3. The molecule has 2 amide bonds. The first kappa shape index (κ1) is 20.4. The molecular weight excluding hydrogens is 344 g/mol. The molecule has 1 aromatic heterocycles. The van der Waals surface area contributed by atoms with Gasteiger partial charge in [-0.1, -0.05) is 18.7 Å². The second-order valence-corrected chi connectivity index (χ2v) is 6.07. The number of aryl methyl sites for hydroxylation is 2. The van der Waals surface area contributed by atoms with E-state index >= 15 is 0 Å². The highest BCUT2D eigenvalue weighted by Gasteiger charge is 2.15. The highest BCUT2D eigenvalue weighted by Crippen LogP contribution is 2.13. The van der Waals surface area contributed by atoms with Crippen molar-refractivity contribution < 1.29 is 14.7 Å². The first-order chi connectivity index (χ1) is 13.1. The Morgan fingerprint density at radius 3 is 2.67 bits per heavy atom. The van der Waals surface area contributed by atoms with Gasteiger partial charge in [0.15, 0.2) is 0 Å². The molecule has 0 atom stereocenters. The van der Waals surface area contributed by atoms with Gasteiger partial charge >= 0.3 is 0 Å². The van der Waals surface area contributed by atoms with Crippen LogP contribution in [0.15, 0.2) is 49.2 Å². The number of nitrogens with one attached hydrogen (secondary N) is 1. The molecule has 1 heterocycles. The molecule has 0 saturated carbocycles. The van der Waals surface area contributed by atoms with Crippen molar-refractivity contribution in [1.82, 2.24) is 14.7 Å². The van der Waals surface area contributed by atoms with Crippen LogP contribution in [0.5, 0.6) is 0 Å². The summed E-state index contributed by atoms with van der Waals surface area (Å²) >= 11 is 0. The minimum atomic E-state index is -0.260. The first-order valence-corrected chi connectivity index (χ1v) is 8.99. The predicted octanol–water partition coefficient (Wildman–Crippen LogP) is 1.98. The van der Waals surface area contributed by atoms with Crippen molar-refractivity contribution in [3.63, 3.8) is 0 Å². The van der Waals surface area contributed by atoms with Gasteiger partial charge in [-0.3, -0.25) is 14.3 Å². The summed E-state index contributed by atoms with van der Waals surface area (Å²) in [5.74, 6) is -0.277. The average Bonchev–Trinajstić information content (AvgIpc) is 3.14. The number of benzene rings is 1. The highest BCUT2D eigenvalue weighted by molar-refractivity contribution is 5.98. The lowest BCUT2D eigenvalue weighted by Crippen LogP contribution is -2.34. The fraction of sp³-hybridized carbons (Fsp3) is 0.350. The number of aliphatic hydroxyl groups is 1. The molecule has 0 unspecified atom stereocenters. The molecule has 0 bridgehead atoms. The van der Waals surface area contributed by atoms with Crippen molar-refractivity contribution in [3.05, 3.63) is 60.4 Å². The highest BCUT2D eigenvalue weighted by atomic mass is 16.3. The van der Waals surface area contributed by atoms with Gasteiger partial charge in [0.1, 0.15) is 0 Å². The Kier molecular flexibility index (Phi) is 7.76. The normalized spacial score (nSPS) is 10.4. The van der Waals surface area contributed by atoms with Gasteiger partial charge < -0.3 is 15.3 Å². The Morgan fingerprint density at radius 2 is 2.04 bits per heavy atom. The Bertz CT molecular complexity index is 768. The van der Waals surface area contributed by atoms with Crippen LogP contribution in [0, 0.1) is 0 Å². The van der Waals surface area contributed by atoms with Crippen LogP contribution in [0.4, 0.5) is 5.69 Å². The molecule has 0 aliphatic rings. The summed E-state index contributed by atoms with van der Waals surface area (Å²) in [5.41, 5.74) is 2.63. The lowest BCUT2D eigenvalue weighted by atomic mass is 10.1. The monoisotopic (exact) mass is 370 g/mol. The summed E-state index contributed by atoms with van der Waals surface area (Å²) in [6, 6.07) is 9.25. The molecule has 7 heteroatoms. The maximum absolute atomic E-state index is 12.6. The molecule has 0 aliphatic carbocycles. The maximum Gasteiger partial charge on any atom is 0.247 e. The number of hydrogen-bond donors (Lipinski definition) is 2. The molecule has 0 fully saturated rings. The zero-order valence-corrected chi connectivity index (χ0v) is 15.6. The minimum absolute atomic E-state index is 0.0167. The standard InChI is InChI=1S/C20H26N4O3/c1-3-19(26)22-17-8-5-16(6-9-17)7-10-20(27)23(13-14-25)15-18-11-12-21-24(18)4-2/h3,5-6,8-9,11-12,25H,1,4,7,10,13-15H2,2H3,(H,22,26). The fourth-order valence-electron chi connectivity index (χ4n) is 2.74. The topological polar surface area (TPSA) is 87.5 Å². The molecular formula is C20H26N4O3. The number of rotatable bonds is 10. The Balaban J connectivity index is 1.93. The van der Waals surface area contributed by atoms with Crippen LogP contribution in [-0.4, -0.2) is 44.8 Å². The van der Waals surface area contributed by atoms with E-state index in [9.17, 15) is 14.7 Å². The van der Waals surface area contributed by atoms with Gasteiger partial charge in [-0.25, -0.2) is 0 Å². The molecule has 7 nitrogen and oxygen atoms in total. The Labute approximate surface area is 159 Å². The van der Waals surface area contributed by atoms with E-state index in [1.54, 1.807) is 23.2 Å². The number of aliphatic hydroxyl groups excluding tert-OH is 1. The molecule has 2 aromatic rings. The van der Waals surface area contributed by atoms with Crippen molar-refractivity contribution in [3.8, 4) is 0 Å². The number of amides is 2. The molecule has 1 aromatic carbocycles. The summed E-state index contributed by atoms with van der Waals surface area (Å²) in [7, 11) is 0. The van der Waals surface area contributed by atoms with Crippen LogP contribution in [0.3, 0.4) is 0 Å². The Hall–Kier alpha value is -2.93. The van der Waals surface area contributed by atoms with Gasteiger partial charge in [-0.15, -0.1) is 0 Å². The zero-order valence-electron chi connectivity index (χ0n) is 15.6. The smallest absolute Gasteiger partial charge is 0.247 e. The van der Waals surface area contributed by atoms with Gasteiger partial charge in [0.05, 0.1) is 18.8 Å². The van der Waals surface area contributed by atoms with E-state index in [-0.39, 0.29) is 18.4 Å². The van der Waals surface area contributed by atoms with Gasteiger partial charge in [0.25, 0.3) is 0 Å². The van der Waals surface area contributed by atoms with E-state index < -0.39 is 0 Å². The number of hydrogen-bond acceptors (Lipinski definition) is 4. The third-order valence-electron chi connectivity index (χ3n) is 4.21. The SMILES string of the molecule is C=CC(=O)Nc1ccc(CCC(=O)N(CCO)Cc2ccnn2CC)cc1. The summed E-state index contributed by atoms with van der Waals surface area (Å²) in [4.78, 5) is 25.5. The van der Waals surface area contributed by atoms with Crippen molar-refractivity contribution in [1.29, 1.82) is 0 Å². The lowest BCUT2D eigenvalue weighted by Gasteiger charge is -2.22. The predicted molar refractivity (Wildman–Crippen MR) is 104 cm³/mol. The molecule has 27 heavy (non-hydrogen) atoms. The molecule has 0 radical (unpaired) electrons. The van der Waals surface area contributed by atoms with Crippen LogP contribution < -0.4 is 5.32 Å². The lowest BCUT2D eigenvalue weighted by molar-refractivity contribution is -0.132. The average molecular weight is 370 g/mol. The first-order valence-electron chi connectivity index (χ1n) is 8.99. The van der Waals surface area contributed by atoms with E-state index in [4.69, 9.17) is 0 Å². The summed E-state index contributed by atoms with van der Waals surface area (Å²) < 4.78 is 1.84. The van der Waals surface area contributed by atoms with E-state index in [1.165, 1.54) is 6.08 Å². The van der Waals surface area contributed by atoms with Gasteiger partial charge in [-0.2, -0.15) is 5.10 Å². The minimum Gasteiger partial charge on any atom is -0.395 e. The van der Waals surface area contributed by atoms with Crippen LogP contribution >= 0.6 is 0 Å². The number of carbonyl (C=O) groups excluding carboxylic acids is 2. The number of aromatic nitrogens is 2. The quantitative estimate of drug-likeness (QED) is 0.626. The largest absolute Gasteiger partial charge is 0.395 e. The second-order valence-electron chi connectivity index (χ2n) is 6.07. The molecule has 144 valence electrons. The van der Waals surface area contributed by atoms with E-state index in [0.717, 1.165) is 17.8 Å². The summed E-state index contributed by atoms with van der Waals surface area (Å²) in [5, 5.41) is 16.2. The van der Waals surface area contributed by atoms with Crippen LogP contribution in [0.2, 0.25) is 0 Å². The van der Waals surface area contributed by atoms with Crippen LogP contribution in [0.25, 0.3) is 0 Å².